The van der Waals surface area contributed by atoms with Crippen molar-refractivity contribution in [1.82, 2.24) is 0 Å². The molecular weight excluding hydrogens is 793 g/mol. The minimum atomic E-state index is -0.793. The zero-order valence-corrected chi connectivity index (χ0v) is 42.8. The van der Waals surface area contributed by atoms with Gasteiger partial charge in [-0.3, -0.25) is 14.4 Å². The van der Waals surface area contributed by atoms with Crippen LogP contribution in [0.2, 0.25) is 0 Å². The molecule has 0 N–H and O–H groups in total. The Kier molecular flexibility index (Phi) is 51.3. The predicted octanol–water partition coefficient (Wildman–Crippen LogP) is 18.5. The molecule has 0 aliphatic heterocycles. The Labute approximate surface area is 397 Å². The van der Waals surface area contributed by atoms with E-state index in [1.807, 2.05) is 6.08 Å². The number of allylic oxidation sites excluding steroid dienone is 6. The van der Waals surface area contributed by atoms with E-state index in [-0.39, 0.29) is 37.5 Å². The fourth-order valence-corrected chi connectivity index (χ4v) is 8.14. The molecule has 0 bridgehead atoms. The van der Waals surface area contributed by atoms with Gasteiger partial charge in [-0.2, -0.15) is 0 Å². The van der Waals surface area contributed by atoms with Crippen LogP contribution in [0.5, 0.6) is 0 Å². The second kappa shape index (κ2) is 53.2. The molecule has 1 atom stereocenters. The smallest absolute Gasteiger partial charge is 0.306 e. The van der Waals surface area contributed by atoms with Gasteiger partial charge in [0.15, 0.2) is 6.10 Å². The van der Waals surface area contributed by atoms with E-state index in [0.717, 1.165) is 51.4 Å². The molecule has 0 heterocycles. The summed E-state index contributed by atoms with van der Waals surface area (Å²) in [5, 5.41) is 0. The van der Waals surface area contributed by atoms with Crippen LogP contribution < -0.4 is 0 Å². The summed E-state index contributed by atoms with van der Waals surface area (Å²) in [4.78, 5) is 38.0. The molecule has 0 aliphatic carbocycles. The third-order valence-electron chi connectivity index (χ3n) is 12.4. The maximum atomic E-state index is 12.8. The van der Waals surface area contributed by atoms with Crippen LogP contribution in [0.25, 0.3) is 0 Å². The van der Waals surface area contributed by atoms with Crippen molar-refractivity contribution >= 4 is 17.9 Å². The number of unbranched alkanes of at least 4 members (excludes halogenated alkanes) is 34. The van der Waals surface area contributed by atoms with Crippen molar-refractivity contribution in [2.24, 2.45) is 0 Å². The van der Waals surface area contributed by atoms with E-state index in [4.69, 9.17) is 14.2 Å². The molecule has 0 spiro atoms. The lowest BCUT2D eigenvalue weighted by atomic mass is 10.0. The Bertz CT molecular complexity index is 1080. The molecule has 0 rings (SSSR count). The van der Waals surface area contributed by atoms with Crippen molar-refractivity contribution in [3.05, 3.63) is 36.5 Å². The van der Waals surface area contributed by atoms with Crippen LogP contribution in [-0.2, 0) is 28.6 Å². The molecule has 0 saturated heterocycles. The van der Waals surface area contributed by atoms with Gasteiger partial charge >= 0.3 is 17.9 Å². The Hall–Kier alpha value is -2.37. The van der Waals surface area contributed by atoms with Crippen molar-refractivity contribution in [2.75, 3.05) is 13.2 Å². The zero-order chi connectivity index (χ0) is 46.5. The highest BCUT2D eigenvalue weighted by molar-refractivity contribution is 5.71. The summed E-state index contributed by atoms with van der Waals surface area (Å²) < 4.78 is 16.8. The monoisotopic (exact) mass is 899 g/mol. The zero-order valence-electron chi connectivity index (χ0n) is 42.8. The highest BCUT2D eigenvalue weighted by Gasteiger charge is 2.19. The third kappa shape index (κ3) is 50.6. The van der Waals surface area contributed by atoms with Crippen LogP contribution >= 0.6 is 0 Å². The number of ether oxygens (including phenoxy) is 3. The van der Waals surface area contributed by atoms with Crippen LogP contribution in [0.15, 0.2) is 36.5 Å². The maximum Gasteiger partial charge on any atom is 0.306 e. The normalized spacial score (nSPS) is 12.2. The molecule has 0 saturated carbocycles. The Balaban J connectivity index is 4.37. The van der Waals surface area contributed by atoms with E-state index in [9.17, 15) is 14.4 Å². The summed E-state index contributed by atoms with van der Waals surface area (Å²) in [6.07, 6.45) is 62.9. The first-order valence-electron chi connectivity index (χ1n) is 28.0. The number of carbonyl (C=O) groups is 3. The fourth-order valence-electron chi connectivity index (χ4n) is 8.14. The van der Waals surface area contributed by atoms with Gasteiger partial charge in [0.1, 0.15) is 13.2 Å². The van der Waals surface area contributed by atoms with Gasteiger partial charge in [0, 0.05) is 19.3 Å². The minimum absolute atomic E-state index is 0.0874. The Morgan fingerprint density at radius 3 is 0.984 bits per heavy atom. The molecule has 0 aromatic rings. The van der Waals surface area contributed by atoms with E-state index in [2.05, 4.69) is 51.2 Å². The van der Waals surface area contributed by atoms with Crippen molar-refractivity contribution < 1.29 is 28.6 Å². The summed E-state index contributed by atoms with van der Waals surface area (Å²) in [5.74, 6) is -0.948. The Morgan fingerprint density at radius 2 is 0.594 bits per heavy atom. The van der Waals surface area contributed by atoms with Gasteiger partial charge in [-0.15, -0.1) is 0 Å². The van der Waals surface area contributed by atoms with Gasteiger partial charge < -0.3 is 14.2 Å². The summed E-state index contributed by atoms with van der Waals surface area (Å²) >= 11 is 0. The molecule has 0 fully saturated rings. The average molecular weight is 899 g/mol. The van der Waals surface area contributed by atoms with Crippen molar-refractivity contribution in [2.45, 2.75) is 303 Å². The maximum absolute atomic E-state index is 12.8. The van der Waals surface area contributed by atoms with Gasteiger partial charge in [-0.25, -0.2) is 0 Å². The van der Waals surface area contributed by atoms with E-state index in [1.165, 1.54) is 199 Å². The quantitative estimate of drug-likeness (QED) is 0.0262. The topological polar surface area (TPSA) is 78.9 Å². The first kappa shape index (κ1) is 61.6. The van der Waals surface area contributed by atoms with E-state index >= 15 is 0 Å². The lowest BCUT2D eigenvalue weighted by molar-refractivity contribution is -0.166. The number of hydrogen-bond donors (Lipinski definition) is 0. The predicted molar refractivity (Wildman–Crippen MR) is 275 cm³/mol. The van der Waals surface area contributed by atoms with E-state index in [0.29, 0.717) is 19.3 Å². The van der Waals surface area contributed by atoms with Gasteiger partial charge in [0.05, 0.1) is 0 Å². The molecule has 0 amide bonds. The average Bonchev–Trinajstić information content (AvgIpc) is 3.29. The molecule has 374 valence electrons. The van der Waals surface area contributed by atoms with Gasteiger partial charge in [-0.1, -0.05) is 250 Å². The second-order valence-corrected chi connectivity index (χ2v) is 18.8. The van der Waals surface area contributed by atoms with Gasteiger partial charge in [0.25, 0.3) is 0 Å². The standard InChI is InChI=1S/C58H106O6/c1-4-7-10-13-16-19-22-25-27-28-29-31-33-36-39-42-45-48-51-57(60)63-54-55(53-62-56(59)50-47-44-41-38-35-32-24-21-18-15-12-9-6-3)64-58(61)52-49-46-43-40-37-34-30-26-23-20-17-14-11-8-5-2/h20,23,32,35,41,44,55H,4-19,21-22,24-31,33-34,36-40,42-43,45-54H2,1-3H3/b23-20+,35-32+,44-41+. The molecule has 1 unspecified atom stereocenters. The summed E-state index contributed by atoms with van der Waals surface area (Å²) in [6.45, 7) is 6.60. The number of hydrogen-bond acceptors (Lipinski definition) is 6. The third-order valence-corrected chi connectivity index (χ3v) is 12.4. The van der Waals surface area contributed by atoms with Crippen LogP contribution in [0.1, 0.15) is 297 Å². The SMILES string of the molecule is CCCCCC/C=C/CCCCCCCCCC(=O)OC(COC(=O)CC/C=C/C/C=C/CCCCCCCC)COC(=O)CCCCCCCCCCCCCCCCCCCC. The largest absolute Gasteiger partial charge is 0.462 e. The first-order valence-corrected chi connectivity index (χ1v) is 28.0. The molecule has 6 nitrogen and oxygen atoms in total. The van der Waals surface area contributed by atoms with E-state index in [1.54, 1.807) is 0 Å². The minimum Gasteiger partial charge on any atom is -0.462 e. The fraction of sp³-hybridized carbons (Fsp3) is 0.845. The second-order valence-electron chi connectivity index (χ2n) is 18.8. The number of esters is 3. The highest BCUT2D eigenvalue weighted by Crippen LogP contribution is 2.16. The van der Waals surface area contributed by atoms with Crippen LogP contribution in [0, 0.1) is 0 Å². The number of carbonyl (C=O) groups excluding carboxylic acids is 3. The number of rotatable bonds is 51. The van der Waals surface area contributed by atoms with Gasteiger partial charge in [-0.05, 0) is 64.2 Å². The Morgan fingerprint density at radius 1 is 0.312 bits per heavy atom. The molecular formula is C58H106O6. The summed E-state index contributed by atoms with van der Waals surface area (Å²) in [7, 11) is 0. The molecule has 0 aromatic heterocycles. The van der Waals surface area contributed by atoms with Gasteiger partial charge in [0.2, 0.25) is 0 Å². The van der Waals surface area contributed by atoms with Crippen molar-refractivity contribution in [3.63, 3.8) is 0 Å². The lowest BCUT2D eigenvalue weighted by Crippen LogP contribution is -2.30. The van der Waals surface area contributed by atoms with E-state index < -0.39 is 6.10 Å². The summed E-state index contributed by atoms with van der Waals surface area (Å²) in [6, 6.07) is 0. The molecule has 0 aliphatic rings. The summed E-state index contributed by atoms with van der Waals surface area (Å²) in [5.41, 5.74) is 0. The molecule has 6 heteroatoms. The first-order chi connectivity index (χ1) is 31.5. The highest BCUT2D eigenvalue weighted by atomic mass is 16.6. The molecule has 0 radical (unpaired) electrons. The van der Waals surface area contributed by atoms with Crippen LogP contribution in [-0.4, -0.2) is 37.2 Å². The van der Waals surface area contributed by atoms with Crippen LogP contribution in [0.3, 0.4) is 0 Å². The molecule has 0 aromatic carbocycles. The molecule has 64 heavy (non-hydrogen) atoms. The van der Waals surface area contributed by atoms with Crippen LogP contribution in [0.4, 0.5) is 0 Å². The lowest BCUT2D eigenvalue weighted by Gasteiger charge is -2.18. The van der Waals surface area contributed by atoms with Crippen molar-refractivity contribution in [3.8, 4) is 0 Å². The van der Waals surface area contributed by atoms with Crippen molar-refractivity contribution in [1.29, 1.82) is 0 Å².